The summed E-state index contributed by atoms with van der Waals surface area (Å²) in [5.74, 6) is 0. The number of hydrogen-bond acceptors (Lipinski definition) is 4. The standard InChI is InChI=1S/2C30H20N2O/c2*33-30-24-18-10-11-19-26(24)31-27-20-25(21-12-4-1-5-13-21)28(22-14-6-2-7-15-22)29(32(27)30)23-16-8-3-9-17-23/h2*1-20H. The Bertz CT molecular complexity index is 3570. The van der Waals surface area contributed by atoms with E-state index in [1.54, 1.807) is 8.80 Å². The van der Waals surface area contributed by atoms with Gasteiger partial charge in [0.15, 0.2) is 0 Å². The third kappa shape index (κ3) is 7.22. The Labute approximate surface area is 380 Å². The highest BCUT2D eigenvalue weighted by Gasteiger charge is 2.23. The van der Waals surface area contributed by atoms with Crippen LogP contribution in [0.5, 0.6) is 0 Å². The van der Waals surface area contributed by atoms with Crippen molar-refractivity contribution in [2.45, 2.75) is 0 Å². The molecule has 6 nitrogen and oxygen atoms in total. The fraction of sp³-hybridized carbons (Fsp3) is 0. The first kappa shape index (κ1) is 39.8. The van der Waals surface area contributed by atoms with Gasteiger partial charge in [-0.05, 0) is 80.9 Å². The number of fused-ring (bicyclic) bond motifs is 4. The lowest BCUT2D eigenvalue weighted by Crippen LogP contribution is -2.18. The zero-order chi connectivity index (χ0) is 44.4. The summed E-state index contributed by atoms with van der Waals surface area (Å²) in [5.41, 5.74) is 14.6. The van der Waals surface area contributed by atoms with Gasteiger partial charge in [-0.3, -0.25) is 18.4 Å². The van der Waals surface area contributed by atoms with Crippen molar-refractivity contribution in [3.05, 3.63) is 263 Å². The number of pyridine rings is 2. The van der Waals surface area contributed by atoms with Gasteiger partial charge in [0.25, 0.3) is 11.1 Å². The van der Waals surface area contributed by atoms with E-state index in [4.69, 9.17) is 9.97 Å². The highest BCUT2D eigenvalue weighted by molar-refractivity contribution is 5.98. The molecule has 0 aliphatic rings. The van der Waals surface area contributed by atoms with Gasteiger partial charge < -0.3 is 0 Å². The smallest absolute Gasteiger partial charge is 0.266 e. The molecule has 12 aromatic rings. The Morgan fingerprint density at radius 1 is 0.288 bits per heavy atom. The van der Waals surface area contributed by atoms with Crippen molar-refractivity contribution in [1.82, 2.24) is 18.8 Å². The van der Waals surface area contributed by atoms with Crippen LogP contribution in [-0.4, -0.2) is 18.8 Å². The molecule has 0 radical (unpaired) electrons. The normalized spacial score (nSPS) is 11.2. The number of rotatable bonds is 6. The number of para-hydroxylation sites is 2. The van der Waals surface area contributed by atoms with Gasteiger partial charge in [-0.15, -0.1) is 0 Å². The van der Waals surface area contributed by atoms with E-state index < -0.39 is 0 Å². The van der Waals surface area contributed by atoms with E-state index in [1.165, 1.54) is 0 Å². The van der Waals surface area contributed by atoms with Gasteiger partial charge in [0.1, 0.15) is 11.3 Å². The lowest BCUT2D eigenvalue weighted by Gasteiger charge is -2.20. The van der Waals surface area contributed by atoms with Crippen LogP contribution >= 0.6 is 0 Å². The van der Waals surface area contributed by atoms with Gasteiger partial charge in [-0.25, -0.2) is 9.97 Å². The van der Waals surface area contributed by atoms with Crippen molar-refractivity contribution in [3.63, 3.8) is 0 Å². The van der Waals surface area contributed by atoms with Crippen molar-refractivity contribution in [2.24, 2.45) is 0 Å². The predicted molar refractivity (Wildman–Crippen MR) is 271 cm³/mol. The van der Waals surface area contributed by atoms with E-state index in [1.807, 2.05) is 170 Å². The maximum atomic E-state index is 13.8. The van der Waals surface area contributed by atoms with Gasteiger partial charge in [0.05, 0.1) is 33.2 Å². The van der Waals surface area contributed by atoms with E-state index in [0.29, 0.717) is 33.1 Å². The second-order valence-electron chi connectivity index (χ2n) is 16.0. The van der Waals surface area contributed by atoms with Crippen molar-refractivity contribution < 1.29 is 0 Å². The lowest BCUT2D eigenvalue weighted by atomic mass is 9.90. The molecule has 4 aromatic heterocycles. The Hall–Kier alpha value is -9.00. The van der Waals surface area contributed by atoms with Crippen LogP contribution in [0, 0.1) is 0 Å². The average molecular weight is 849 g/mol. The molecule has 6 heteroatoms. The molecule has 0 spiro atoms. The Morgan fingerprint density at radius 2 is 0.561 bits per heavy atom. The minimum absolute atomic E-state index is 0.0637. The molecule has 0 aliphatic heterocycles. The van der Waals surface area contributed by atoms with Crippen LogP contribution in [-0.2, 0) is 0 Å². The monoisotopic (exact) mass is 848 g/mol. The van der Waals surface area contributed by atoms with E-state index in [2.05, 4.69) is 72.8 Å². The molecule has 0 saturated carbocycles. The summed E-state index contributed by atoms with van der Waals surface area (Å²) in [6.07, 6.45) is 0. The summed E-state index contributed by atoms with van der Waals surface area (Å²) in [4.78, 5) is 37.5. The first-order valence-electron chi connectivity index (χ1n) is 21.9. The molecular formula is C60H40N4O2. The first-order valence-corrected chi connectivity index (χ1v) is 21.9. The first-order chi connectivity index (χ1) is 32.6. The maximum absolute atomic E-state index is 13.8. The number of nitrogens with zero attached hydrogens (tertiary/aromatic N) is 4. The van der Waals surface area contributed by atoms with E-state index in [0.717, 1.165) is 67.0 Å². The molecule has 0 aliphatic carbocycles. The minimum atomic E-state index is -0.0637. The summed E-state index contributed by atoms with van der Waals surface area (Å²) in [5, 5.41) is 1.22. The highest BCUT2D eigenvalue weighted by Crippen LogP contribution is 2.42. The molecule has 0 unspecified atom stereocenters. The molecule has 0 saturated heterocycles. The number of aromatic nitrogens is 4. The molecular weight excluding hydrogens is 809 g/mol. The second-order valence-corrected chi connectivity index (χ2v) is 16.0. The molecule has 0 amide bonds. The Morgan fingerprint density at radius 3 is 0.894 bits per heavy atom. The zero-order valence-corrected chi connectivity index (χ0v) is 35.7. The Balaban J connectivity index is 0.000000146. The molecule has 0 atom stereocenters. The molecule has 312 valence electrons. The minimum Gasteiger partial charge on any atom is -0.268 e. The van der Waals surface area contributed by atoms with Gasteiger partial charge in [0.2, 0.25) is 0 Å². The maximum Gasteiger partial charge on any atom is 0.266 e. The third-order valence-electron chi connectivity index (χ3n) is 12.0. The summed E-state index contributed by atoms with van der Waals surface area (Å²) >= 11 is 0. The average Bonchev–Trinajstić information content (AvgIpc) is 3.39. The molecule has 0 N–H and O–H groups in total. The molecule has 12 rings (SSSR count). The van der Waals surface area contributed by atoms with E-state index in [-0.39, 0.29) is 11.1 Å². The van der Waals surface area contributed by atoms with Gasteiger partial charge in [-0.2, -0.15) is 0 Å². The fourth-order valence-electron chi connectivity index (χ4n) is 9.03. The third-order valence-corrected chi connectivity index (χ3v) is 12.0. The summed E-state index contributed by atoms with van der Waals surface area (Å²) in [6, 6.07) is 80.5. The molecule has 0 fully saturated rings. The van der Waals surface area contributed by atoms with Crippen molar-refractivity contribution >= 4 is 33.1 Å². The molecule has 66 heavy (non-hydrogen) atoms. The second kappa shape index (κ2) is 17.3. The van der Waals surface area contributed by atoms with Gasteiger partial charge in [-0.1, -0.05) is 206 Å². The van der Waals surface area contributed by atoms with Crippen LogP contribution in [0.3, 0.4) is 0 Å². The number of hydrogen-bond donors (Lipinski definition) is 0. The molecule has 0 bridgehead atoms. The topological polar surface area (TPSA) is 68.7 Å². The van der Waals surface area contributed by atoms with E-state index >= 15 is 0 Å². The summed E-state index contributed by atoms with van der Waals surface area (Å²) < 4.78 is 3.54. The SMILES string of the molecule is O=c1c2ccccc2nc2cc(-c3ccccc3)c(-c3ccccc3)c(-c3ccccc3)n12.O=c1c2ccccc2nc2cc(-c3ccccc3)c(-c3ccccc3)c(-c3ccccc3)n12. The zero-order valence-electron chi connectivity index (χ0n) is 35.7. The highest BCUT2D eigenvalue weighted by atomic mass is 16.1. The number of benzene rings is 8. The van der Waals surface area contributed by atoms with Gasteiger partial charge >= 0.3 is 0 Å². The summed E-state index contributed by atoms with van der Waals surface area (Å²) in [6.45, 7) is 0. The van der Waals surface area contributed by atoms with E-state index in [9.17, 15) is 9.59 Å². The molecule has 8 aromatic carbocycles. The van der Waals surface area contributed by atoms with Crippen LogP contribution in [0.15, 0.2) is 252 Å². The van der Waals surface area contributed by atoms with Crippen molar-refractivity contribution in [3.8, 4) is 67.0 Å². The van der Waals surface area contributed by atoms with Crippen LogP contribution in [0.2, 0.25) is 0 Å². The van der Waals surface area contributed by atoms with Gasteiger partial charge in [0, 0.05) is 11.1 Å². The summed E-state index contributed by atoms with van der Waals surface area (Å²) in [7, 11) is 0. The quantitative estimate of drug-likeness (QED) is 0.156. The largest absolute Gasteiger partial charge is 0.268 e. The predicted octanol–water partition coefficient (Wildman–Crippen LogP) is 13.7. The van der Waals surface area contributed by atoms with Crippen LogP contribution in [0.25, 0.3) is 100 Å². The van der Waals surface area contributed by atoms with Crippen molar-refractivity contribution in [2.75, 3.05) is 0 Å². The lowest BCUT2D eigenvalue weighted by molar-refractivity contribution is 1.09. The van der Waals surface area contributed by atoms with Crippen LogP contribution in [0.1, 0.15) is 0 Å². The van der Waals surface area contributed by atoms with Crippen LogP contribution in [0.4, 0.5) is 0 Å². The van der Waals surface area contributed by atoms with Crippen molar-refractivity contribution in [1.29, 1.82) is 0 Å². The fourth-order valence-corrected chi connectivity index (χ4v) is 9.03. The van der Waals surface area contributed by atoms with Crippen LogP contribution < -0.4 is 11.1 Å². The Kier molecular flexibility index (Phi) is 10.4. The molecule has 4 heterocycles.